The smallest absolute Gasteiger partial charge is 0.0320 e. The lowest BCUT2D eigenvalue weighted by molar-refractivity contribution is 0.225. The second-order valence-electron chi connectivity index (χ2n) is 5.16. The van der Waals surface area contributed by atoms with Crippen LogP contribution in [-0.2, 0) is 0 Å². The Labute approximate surface area is 113 Å². The normalized spacial score (nSPS) is 19.7. The third kappa shape index (κ3) is 3.32. The molecule has 2 rings (SSSR count). The highest BCUT2D eigenvalue weighted by Gasteiger charge is 2.25. The van der Waals surface area contributed by atoms with Crippen LogP contribution in [-0.4, -0.2) is 6.04 Å². The van der Waals surface area contributed by atoms with E-state index in [0.29, 0.717) is 12.1 Å². The van der Waals surface area contributed by atoms with Crippen LogP contribution in [0, 0.1) is 5.92 Å². The van der Waals surface area contributed by atoms with E-state index in [2.05, 4.69) is 59.4 Å². The first-order valence-corrected chi connectivity index (χ1v) is 7.51. The summed E-state index contributed by atoms with van der Waals surface area (Å²) >= 11 is 3.55. The van der Waals surface area contributed by atoms with E-state index >= 15 is 0 Å². The van der Waals surface area contributed by atoms with Crippen molar-refractivity contribution in [2.24, 2.45) is 5.92 Å². The van der Waals surface area contributed by atoms with Crippen LogP contribution in [0.3, 0.4) is 0 Å². The molecule has 1 aromatic rings. The lowest BCUT2D eigenvalue weighted by Gasteiger charge is -2.34. The first-order chi connectivity index (χ1) is 8.20. The van der Waals surface area contributed by atoms with Crippen molar-refractivity contribution < 1.29 is 0 Å². The summed E-state index contributed by atoms with van der Waals surface area (Å²) in [4.78, 5) is 0. The van der Waals surface area contributed by atoms with Crippen LogP contribution in [0.4, 0.5) is 0 Å². The van der Waals surface area contributed by atoms with Gasteiger partial charge in [0.05, 0.1) is 0 Å². The first-order valence-electron chi connectivity index (χ1n) is 6.72. The Hall–Kier alpha value is -0.340. The molecule has 2 unspecified atom stereocenters. The fourth-order valence-corrected chi connectivity index (χ4v) is 2.98. The number of benzene rings is 1. The monoisotopic (exact) mass is 295 g/mol. The minimum Gasteiger partial charge on any atom is -0.307 e. The van der Waals surface area contributed by atoms with Crippen molar-refractivity contribution in [2.45, 2.75) is 51.6 Å². The van der Waals surface area contributed by atoms with E-state index in [-0.39, 0.29) is 0 Å². The molecule has 0 aromatic heterocycles. The van der Waals surface area contributed by atoms with Crippen molar-refractivity contribution in [3.63, 3.8) is 0 Å². The van der Waals surface area contributed by atoms with Gasteiger partial charge in [-0.05, 0) is 49.8 Å². The molecule has 1 aromatic carbocycles. The fraction of sp³-hybridized carbons (Fsp3) is 0.600. The Morgan fingerprint density at radius 1 is 1.41 bits per heavy atom. The molecule has 1 nitrogen and oxygen atoms in total. The van der Waals surface area contributed by atoms with Crippen molar-refractivity contribution in [3.05, 3.63) is 34.3 Å². The van der Waals surface area contributed by atoms with Crippen LogP contribution in [0.15, 0.2) is 28.7 Å². The van der Waals surface area contributed by atoms with Gasteiger partial charge >= 0.3 is 0 Å². The molecule has 2 heteroatoms. The van der Waals surface area contributed by atoms with Crippen LogP contribution in [0.2, 0.25) is 0 Å². The van der Waals surface area contributed by atoms with Gasteiger partial charge in [-0.2, -0.15) is 0 Å². The average molecular weight is 296 g/mol. The minimum absolute atomic E-state index is 0.489. The molecule has 0 saturated heterocycles. The molecule has 1 aliphatic carbocycles. The number of hydrogen-bond donors (Lipinski definition) is 1. The summed E-state index contributed by atoms with van der Waals surface area (Å²) in [7, 11) is 0. The van der Waals surface area contributed by atoms with Crippen LogP contribution in [0.25, 0.3) is 0 Å². The van der Waals surface area contributed by atoms with E-state index in [1.165, 1.54) is 29.3 Å². The SMILES string of the molecule is CCC(NC(C)C1CCC1)c1cccc(Br)c1. The van der Waals surface area contributed by atoms with Gasteiger partial charge in [-0.1, -0.05) is 41.4 Å². The van der Waals surface area contributed by atoms with Crippen LogP contribution in [0.1, 0.15) is 51.1 Å². The van der Waals surface area contributed by atoms with Gasteiger partial charge in [0.1, 0.15) is 0 Å². The van der Waals surface area contributed by atoms with Crippen LogP contribution >= 0.6 is 15.9 Å². The molecular formula is C15H22BrN. The summed E-state index contributed by atoms with van der Waals surface area (Å²) in [5, 5.41) is 3.79. The molecule has 0 bridgehead atoms. The summed E-state index contributed by atoms with van der Waals surface area (Å²) in [6.45, 7) is 4.59. The second kappa shape index (κ2) is 6.01. The van der Waals surface area contributed by atoms with Gasteiger partial charge in [0, 0.05) is 16.6 Å². The zero-order chi connectivity index (χ0) is 12.3. The Balaban J connectivity index is 2.00. The highest BCUT2D eigenvalue weighted by molar-refractivity contribution is 9.10. The maximum atomic E-state index is 3.79. The van der Waals surface area contributed by atoms with Gasteiger partial charge in [0.25, 0.3) is 0 Å². The summed E-state index contributed by atoms with van der Waals surface area (Å²) in [5.74, 6) is 0.899. The zero-order valence-corrected chi connectivity index (χ0v) is 12.3. The third-order valence-corrected chi connectivity index (χ3v) is 4.47. The first kappa shape index (κ1) is 13.1. The maximum absolute atomic E-state index is 3.79. The molecular weight excluding hydrogens is 274 g/mol. The molecule has 1 N–H and O–H groups in total. The molecule has 0 aliphatic heterocycles. The van der Waals surface area contributed by atoms with E-state index < -0.39 is 0 Å². The van der Waals surface area contributed by atoms with Crippen molar-refractivity contribution in [3.8, 4) is 0 Å². The molecule has 0 radical (unpaired) electrons. The van der Waals surface area contributed by atoms with Gasteiger partial charge in [0.15, 0.2) is 0 Å². The molecule has 17 heavy (non-hydrogen) atoms. The van der Waals surface area contributed by atoms with E-state index in [4.69, 9.17) is 0 Å². The lowest BCUT2D eigenvalue weighted by Crippen LogP contribution is -2.39. The van der Waals surface area contributed by atoms with Gasteiger partial charge in [-0.15, -0.1) is 0 Å². The van der Waals surface area contributed by atoms with Crippen molar-refractivity contribution in [1.82, 2.24) is 5.32 Å². The molecule has 2 atom stereocenters. The number of hydrogen-bond acceptors (Lipinski definition) is 1. The molecule has 0 heterocycles. The van der Waals surface area contributed by atoms with Crippen molar-refractivity contribution in [2.75, 3.05) is 0 Å². The number of rotatable bonds is 5. The van der Waals surface area contributed by atoms with E-state index in [9.17, 15) is 0 Å². The Morgan fingerprint density at radius 3 is 2.71 bits per heavy atom. The molecule has 94 valence electrons. The summed E-state index contributed by atoms with van der Waals surface area (Å²) in [6, 6.07) is 9.80. The second-order valence-corrected chi connectivity index (χ2v) is 6.08. The summed E-state index contributed by atoms with van der Waals surface area (Å²) in [6.07, 6.45) is 5.38. The average Bonchev–Trinajstić information content (AvgIpc) is 2.23. The van der Waals surface area contributed by atoms with Crippen molar-refractivity contribution in [1.29, 1.82) is 0 Å². The Kier molecular flexibility index (Phi) is 4.63. The molecule has 0 spiro atoms. The van der Waals surface area contributed by atoms with E-state index in [0.717, 1.165) is 12.3 Å². The number of halogens is 1. The maximum Gasteiger partial charge on any atom is 0.0320 e. The van der Waals surface area contributed by atoms with Crippen molar-refractivity contribution >= 4 is 15.9 Å². The lowest BCUT2D eigenvalue weighted by atomic mass is 9.80. The van der Waals surface area contributed by atoms with E-state index in [1.54, 1.807) is 0 Å². The summed E-state index contributed by atoms with van der Waals surface area (Å²) in [5.41, 5.74) is 1.40. The van der Waals surface area contributed by atoms with Gasteiger partial charge < -0.3 is 5.32 Å². The van der Waals surface area contributed by atoms with Gasteiger partial charge in [-0.25, -0.2) is 0 Å². The highest BCUT2D eigenvalue weighted by Crippen LogP contribution is 2.31. The highest BCUT2D eigenvalue weighted by atomic mass is 79.9. The Bertz CT molecular complexity index is 360. The molecule has 1 saturated carbocycles. The standard InChI is InChI=1S/C15H22BrN/c1-3-15(13-8-5-9-14(16)10-13)17-11(2)12-6-4-7-12/h5,8-12,15,17H,3-4,6-7H2,1-2H3. The van der Waals surface area contributed by atoms with Crippen LogP contribution < -0.4 is 5.32 Å². The summed E-state index contributed by atoms with van der Waals surface area (Å²) < 4.78 is 1.17. The van der Waals surface area contributed by atoms with E-state index in [1.807, 2.05) is 0 Å². The van der Waals surface area contributed by atoms with Gasteiger partial charge in [-0.3, -0.25) is 0 Å². The molecule has 1 fully saturated rings. The van der Waals surface area contributed by atoms with Gasteiger partial charge in [0.2, 0.25) is 0 Å². The quantitative estimate of drug-likeness (QED) is 0.832. The molecule has 0 amide bonds. The van der Waals surface area contributed by atoms with Crippen LogP contribution in [0.5, 0.6) is 0 Å². The third-order valence-electron chi connectivity index (χ3n) is 3.98. The predicted octanol–water partition coefficient (Wildman–Crippen LogP) is 4.68. The fourth-order valence-electron chi connectivity index (χ4n) is 2.57. The zero-order valence-electron chi connectivity index (χ0n) is 10.7. The molecule has 1 aliphatic rings. The predicted molar refractivity (Wildman–Crippen MR) is 77.1 cm³/mol. The minimum atomic E-state index is 0.489. The largest absolute Gasteiger partial charge is 0.307 e. The number of nitrogens with one attached hydrogen (secondary N) is 1. The topological polar surface area (TPSA) is 12.0 Å². The Morgan fingerprint density at radius 2 is 2.18 bits per heavy atom.